The Labute approximate surface area is 343 Å². The molecule has 0 aliphatic heterocycles. The summed E-state index contributed by atoms with van der Waals surface area (Å²) in [5.74, 6) is -0.972. The topological polar surface area (TPSA) is 136 Å². The lowest BCUT2D eigenvalue weighted by Gasteiger charge is -2.25. The highest BCUT2D eigenvalue weighted by molar-refractivity contribution is 8.32. The highest BCUT2D eigenvalue weighted by atomic mass is 32.1. The normalized spacial score (nSPS) is 14.3. The fourth-order valence-corrected chi connectivity index (χ4v) is 9.01. The average molecular weight is 833 g/mol. The molecule has 0 saturated carbocycles. The zero-order chi connectivity index (χ0) is 41.8. The number of carbonyl (C=O) groups is 3. The summed E-state index contributed by atoms with van der Waals surface area (Å²) in [5, 5.41) is 0. The Bertz CT molecular complexity index is 1090. The maximum atomic E-state index is 12.8. The Morgan fingerprint density at radius 2 is 0.964 bits per heavy atom. The van der Waals surface area contributed by atoms with Crippen molar-refractivity contribution in [3.05, 3.63) is 24.3 Å². The third-order valence-electron chi connectivity index (χ3n) is 9.51. The molecule has 0 aromatic carbocycles. The number of allylic oxidation sites excluding steroid dienone is 4. The van der Waals surface area contributed by atoms with Crippen LogP contribution in [0.25, 0.3) is 0 Å². The number of unbranched alkanes of at least 4 members (excludes halogenated alkanes) is 22. The summed E-state index contributed by atoms with van der Waals surface area (Å²) in [6.45, 7) is 3.38. The minimum Gasteiger partial charge on any atom is -0.462 e. The van der Waals surface area contributed by atoms with Crippen molar-refractivity contribution in [3.8, 4) is 0 Å². The van der Waals surface area contributed by atoms with Crippen molar-refractivity contribution in [2.24, 2.45) is 0 Å². The van der Waals surface area contributed by atoms with Crippen LogP contribution in [0.4, 0.5) is 0 Å². The molecule has 0 saturated heterocycles. The molecule has 12 heteroatoms. The van der Waals surface area contributed by atoms with Crippen LogP contribution in [-0.4, -0.2) is 78.7 Å². The number of ether oxygens (including phenoxy) is 2. The second-order valence-electron chi connectivity index (χ2n) is 16.4. The van der Waals surface area contributed by atoms with Crippen LogP contribution >= 0.6 is 15.1 Å². The van der Waals surface area contributed by atoms with Crippen molar-refractivity contribution in [2.75, 3.05) is 40.9 Å². The van der Waals surface area contributed by atoms with E-state index in [9.17, 15) is 28.7 Å². The van der Waals surface area contributed by atoms with Gasteiger partial charge in [0.1, 0.15) is 13.2 Å². The van der Waals surface area contributed by atoms with E-state index < -0.39 is 45.3 Å². The number of esters is 2. The monoisotopic (exact) mass is 833 g/mol. The maximum Gasteiger partial charge on any atom is 0.381 e. The number of hydrogen-bond acceptors (Lipinski definition) is 8. The largest absolute Gasteiger partial charge is 0.462 e. The molecular weight excluding hydrogens is 748 g/mol. The van der Waals surface area contributed by atoms with Crippen LogP contribution < -0.4 is 0 Å². The number of rotatable bonds is 40. The van der Waals surface area contributed by atoms with Gasteiger partial charge in [-0.25, -0.2) is 0 Å². The molecule has 0 fully saturated rings. The zero-order valence-electron chi connectivity index (χ0n) is 36.4. The highest BCUT2D eigenvalue weighted by Gasteiger charge is 2.40. The molecule has 0 spiro atoms. The van der Waals surface area contributed by atoms with Crippen molar-refractivity contribution in [3.63, 3.8) is 0 Å². The van der Waals surface area contributed by atoms with E-state index in [1.165, 1.54) is 77.0 Å². The first-order valence-electron chi connectivity index (χ1n) is 22.3. The molecule has 0 amide bonds. The van der Waals surface area contributed by atoms with E-state index in [2.05, 4.69) is 38.2 Å². The van der Waals surface area contributed by atoms with Crippen molar-refractivity contribution >= 4 is 32.6 Å². The molecule has 0 bridgehead atoms. The lowest BCUT2D eigenvalue weighted by atomic mass is 10.1. The molecule has 0 aromatic rings. The number of carbonyl (C=O) groups excluding carboxylic acids is 3. The van der Waals surface area contributed by atoms with E-state index in [-0.39, 0.29) is 30.5 Å². The summed E-state index contributed by atoms with van der Waals surface area (Å²) in [6.07, 6.45) is 38.2. The van der Waals surface area contributed by atoms with Gasteiger partial charge in [0, 0.05) is 12.8 Å². The first-order valence-corrected chi connectivity index (χ1v) is 25.8. The predicted octanol–water partition coefficient (Wildman–Crippen LogP) is 12.3. The molecule has 3 unspecified atom stereocenters. The van der Waals surface area contributed by atoms with Gasteiger partial charge in [-0.2, -0.15) is 0 Å². The maximum absolute atomic E-state index is 12.8. The van der Waals surface area contributed by atoms with Crippen LogP contribution in [0.3, 0.4) is 0 Å². The van der Waals surface area contributed by atoms with E-state index in [1.54, 1.807) is 21.1 Å². The molecule has 56 heavy (non-hydrogen) atoms. The van der Waals surface area contributed by atoms with Crippen LogP contribution in [0, 0.1) is 0 Å². The minimum atomic E-state index is -4.75. The molecule has 3 atom stereocenters. The molecule has 328 valence electrons. The lowest BCUT2D eigenvalue weighted by molar-refractivity contribution is -0.861. The number of hydrogen-bond donors (Lipinski definition) is 2. The Balaban J connectivity index is 4.58. The first-order chi connectivity index (χ1) is 26.8. The molecule has 0 aliphatic rings. The van der Waals surface area contributed by atoms with Crippen molar-refractivity contribution in [2.45, 2.75) is 200 Å². The van der Waals surface area contributed by atoms with Gasteiger partial charge in [0.2, 0.25) is 13.4 Å². The van der Waals surface area contributed by atoms with Gasteiger partial charge in [-0.15, -0.1) is 0 Å². The van der Waals surface area contributed by atoms with Gasteiger partial charge in [-0.3, -0.25) is 23.5 Å². The van der Waals surface area contributed by atoms with E-state index in [1.807, 2.05) is 0 Å². The Kier molecular flexibility index (Phi) is 35.7. The fourth-order valence-electron chi connectivity index (χ4n) is 6.14. The molecule has 0 aliphatic carbocycles. The van der Waals surface area contributed by atoms with Gasteiger partial charge in [0.25, 0.3) is 0 Å². The molecular formula is C44H84NO9P2+. The average Bonchev–Trinajstić information content (AvgIpc) is 3.14. The van der Waals surface area contributed by atoms with E-state index in [0.29, 0.717) is 12.8 Å². The summed E-state index contributed by atoms with van der Waals surface area (Å²) >= 11 is 0. The van der Waals surface area contributed by atoms with Gasteiger partial charge >= 0.3 is 19.2 Å². The first kappa shape index (κ1) is 54.6. The smallest absolute Gasteiger partial charge is 0.381 e. The second kappa shape index (κ2) is 36.7. The summed E-state index contributed by atoms with van der Waals surface area (Å²) < 4.78 is 29.0. The molecule has 0 aromatic heterocycles. The molecule has 0 heterocycles. The number of nitrogens with zero attached hydrogens (tertiary/aromatic N) is 1. The standard InChI is InChI=1S/C44H83NO9P2/c1-6-8-10-12-14-16-18-20-22-24-26-28-30-32-34-36-42(46)52-39-41(40-53-56(50,51)55(49)44(48)38-45(3,4)5)54-43(47)37-35-33-31-29-27-25-23-21-19-17-15-13-11-9-7-2/h20-23,41,49H,6-19,24-40H2,1-5H3/p+1/b22-20-,23-21-. The molecule has 2 N–H and O–H groups in total. The second-order valence-corrected chi connectivity index (χ2v) is 21.4. The van der Waals surface area contributed by atoms with Crippen LogP contribution in [-0.2, 0) is 32.9 Å². The Hall–Kier alpha value is -1.41. The van der Waals surface area contributed by atoms with Gasteiger partial charge < -0.3 is 23.7 Å². The van der Waals surface area contributed by atoms with E-state index in [0.717, 1.165) is 77.0 Å². The number of quaternary nitrogens is 1. The van der Waals surface area contributed by atoms with Crippen LogP contribution in [0.5, 0.6) is 0 Å². The highest BCUT2D eigenvalue weighted by Crippen LogP contribution is 2.71. The quantitative estimate of drug-likeness (QED) is 0.0203. The van der Waals surface area contributed by atoms with Crippen LogP contribution in [0.2, 0.25) is 0 Å². The van der Waals surface area contributed by atoms with Gasteiger partial charge in [0.05, 0.1) is 27.7 Å². The third kappa shape index (κ3) is 35.7. The summed E-state index contributed by atoms with van der Waals surface area (Å²) in [4.78, 5) is 58.4. The minimum absolute atomic E-state index is 0.154. The summed E-state index contributed by atoms with van der Waals surface area (Å²) in [6, 6.07) is 0. The van der Waals surface area contributed by atoms with Crippen molar-refractivity contribution < 1.29 is 47.2 Å². The van der Waals surface area contributed by atoms with Crippen molar-refractivity contribution in [1.29, 1.82) is 0 Å². The molecule has 0 radical (unpaired) electrons. The fraction of sp³-hybridized carbons (Fsp3) is 0.841. The third-order valence-corrected chi connectivity index (χ3v) is 13.5. The van der Waals surface area contributed by atoms with Crippen LogP contribution in [0.1, 0.15) is 194 Å². The van der Waals surface area contributed by atoms with E-state index in [4.69, 9.17) is 14.0 Å². The van der Waals surface area contributed by atoms with Gasteiger partial charge in [-0.1, -0.05) is 141 Å². The van der Waals surface area contributed by atoms with Gasteiger partial charge in [-0.05, 0) is 64.2 Å². The van der Waals surface area contributed by atoms with E-state index >= 15 is 0 Å². The number of likely N-dealkylation sites (N-methyl/N-ethyl adjacent to an activating group) is 1. The lowest BCUT2D eigenvalue weighted by Crippen LogP contribution is -2.39. The molecule has 0 rings (SSSR count). The van der Waals surface area contributed by atoms with Crippen LogP contribution in [0.15, 0.2) is 24.3 Å². The Morgan fingerprint density at radius 1 is 0.589 bits per heavy atom. The van der Waals surface area contributed by atoms with Crippen molar-refractivity contribution in [1.82, 2.24) is 0 Å². The predicted molar refractivity (Wildman–Crippen MR) is 233 cm³/mol. The molecule has 10 nitrogen and oxygen atoms in total. The SMILES string of the molecule is CCCCCCCC/C=C\CCCCCCCC(=O)OCC(COP(=O)(O)P(O)C(=O)C[N+](C)(C)C)OC(=O)CCCCCCC/C=C\CCCCCCCC. The zero-order valence-corrected chi connectivity index (χ0v) is 38.2. The Morgan fingerprint density at radius 3 is 1.38 bits per heavy atom. The summed E-state index contributed by atoms with van der Waals surface area (Å²) in [5.41, 5.74) is -0.776. The van der Waals surface area contributed by atoms with Gasteiger partial charge in [0.15, 0.2) is 6.10 Å². The summed E-state index contributed by atoms with van der Waals surface area (Å²) in [7, 11) is -2.57.